The predicted molar refractivity (Wildman–Crippen MR) is 121 cm³/mol. The van der Waals surface area contributed by atoms with Crippen molar-refractivity contribution in [3.63, 3.8) is 0 Å². The molecule has 1 saturated heterocycles. The molecular formula is C26H42O5. The number of aliphatic hydroxyl groups excluding tert-OH is 1. The molecule has 0 aromatic rings. The summed E-state index contributed by atoms with van der Waals surface area (Å²) in [4.78, 5) is 24.0. The van der Waals surface area contributed by atoms with Gasteiger partial charge in [0.25, 0.3) is 0 Å². The monoisotopic (exact) mass is 434 g/mol. The molecule has 0 amide bonds. The van der Waals surface area contributed by atoms with E-state index in [4.69, 9.17) is 9.47 Å². The van der Waals surface area contributed by atoms with E-state index in [-0.39, 0.29) is 23.0 Å². The fraction of sp³-hybridized carbons (Fsp3) is 0.846. The Labute approximate surface area is 188 Å². The first-order chi connectivity index (χ1) is 15.0. The van der Waals surface area contributed by atoms with Gasteiger partial charge < -0.3 is 19.4 Å². The Balaban J connectivity index is 1.76. The van der Waals surface area contributed by atoms with Gasteiger partial charge in [0.1, 0.15) is 18.1 Å². The van der Waals surface area contributed by atoms with E-state index in [2.05, 4.69) is 13.8 Å². The van der Waals surface area contributed by atoms with Crippen LogP contribution in [0.15, 0.2) is 11.8 Å². The summed E-state index contributed by atoms with van der Waals surface area (Å²) in [6.45, 7) is 5.17. The Hall–Kier alpha value is -1.36. The highest BCUT2D eigenvalue weighted by atomic mass is 16.6. The van der Waals surface area contributed by atoms with E-state index < -0.39 is 17.7 Å². The Kier molecular flexibility index (Phi) is 8.60. The zero-order chi connectivity index (χ0) is 22.3. The maximum atomic E-state index is 12.2. The number of aldehydes is 1. The van der Waals surface area contributed by atoms with Crippen molar-refractivity contribution in [3.8, 4) is 0 Å². The van der Waals surface area contributed by atoms with Crippen LogP contribution in [0.2, 0.25) is 0 Å². The molecule has 5 unspecified atom stereocenters. The van der Waals surface area contributed by atoms with Gasteiger partial charge in [-0.3, -0.25) is 0 Å². The first kappa shape index (κ1) is 24.3. The Bertz CT molecular complexity index is 644. The minimum Gasteiger partial charge on any atom is -0.512 e. The number of rotatable bonds is 13. The fourth-order valence-corrected chi connectivity index (χ4v) is 6.28. The van der Waals surface area contributed by atoms with Gasteiger partial charge in [0.15, 0.2) is 0 Å². The zero-order valence-electron chi connectivity index (χ0n) is 19.6. The molecule has 1 spiro atoms. The molecule has 2 fully saturated rings. The summed E-state index contributed by atoms with van der Waals surface area (Å²) in [5.74, 6) is -0.951. The van der Waals surface area contributed by atoms with E-state index in [0.717, 1.165) is 25.5 Å². The topological polar surface area (TPSA) is 72.8 Å². The summed E-state index contributed by atoms with van der Waals surface area (Å²) in [6, 6.07) is 0. The van der Waals surface area contributed by atoms with Crippen LogP contribution in [0, 0.1) is 17.3 Å². The molecule has 0 radical (unpaired) electrons. The van der Waals surface area contributed by atoms with Crippen molar-refractivity contribution in [2.75, 3.05) is 6.61 Å². The van der Waals surface area contributed by atoms with Gasteiger partial charge >= 0.3 is 5.97 Å². The molecule has 2 aliphatic heterocycles. The molecule has 1 N–H and O–H groups in total. The van der Waals surface area contributed by atoms with Gasteiger partial charge in [-0.15, -0.1) is 0 Å². The van der Waals surface area contributed by atoms with Crippen LogP contribution < -0.4 is 0 Å². The van der Waals surface area contributed by atoms with Crippen LogP contribution in [0.4, 0.5) is 0 Å². The summed E-state index contributed by atoms with van der Waals surface area (Å²) >= 11 is 0. The number of unbranched alkanes of at least 4 members (excludes halogenated alkanes) is 8. The number of esters is 1. The average Bonchev–Trinajstić information content (AvgIpc) is 2.75. The highest BCUT2D eigenvalue weighted by Gasteiger charge is 2.67. The van der Waals surface area contributed by atoms with Crippen molar-refractivity contribution in [1.29, 1.82) is 0 Å². The lowest BCUT2D eigenvalue weighted by Crippen LogP contribution is -2.70. The lowest BCUT2D eigenvalue weighted by Gasteiger charge is -2.65. The smallest absolute Gasteiger partial charge is 0.334 e. The second-order valence-corrected chi connectivity index (χ2v) is 10.1. The number of hydrogen-bond acceptors (Lipinski definition) is 5. The molecular weight excluding hydrogens is 392 g/mol. The predicted octanol–water partition coefficient (Wildman–Crippen LogP) is 6.06. The number of carbonyl (C=O) groups is 2. The van der Waals surface area contributed by atoms with Gasteiger partial charge in [-0.2, -0.15) is 0 Å². The van der Waals surface area contributed by atoms with Gasteiger partial charge in [0, 0.05) is 11.3 Å². The first-order valence-corrected chi connectivity index (χ1v) is 12.7. The van der Waals surface area contributed by atoms with E-state index in [9.17, 15) is 14.7 Å². The van der Waals surface area contributed by atoms with Crippen molar-refractivity contribution in [1.82, 2.24) is 0 Å². The highest BCUT2D eigenvalue weighted by molar-refractivity contribution is 5.83. The highest BCUT2D eigenvalue weighted by Crippen LogP contribution is 2.62. The molecule has 5 atom stereocenters. The Morgan fingerprint density at radius 3 is 2.23 bits per heavy atom. The van der Waals surface area contributed by atoms with E-state index >= 15 is 0 Å². The van der Waals surface area contributed by atoms with E-state index in [1.807, 2.05) is 0 Å². The number of aliphatic hydroxyl groups is 1. The quantitative estimate of drug-likeness (QED) is 0.217. The van der Waals surface area contributed by atoms with Crippen LogP contribution in [-0.4, -0.2) is 35.7 Å². The third kappa shape index (κ3) is 5.02. The van der Waals surface area contributed by atoms with Gasteiger partial charge in [0.2, 0.25) is 0 Å². The molecule has 176 valence electrons. The maximum Gasteiger partial charge on any atom is 0.334 e. The van der Waals surface area contributed by atoms with Crippen molar-refractivity contribution >= 4 is 12.3 Å². The molecule has 5 heteroatoms. The SMILES string of the molecule is CCCCCCCCC1(CCCCCC)COC12CC1C(O)=CC(=O)OC1CC2C=O. The largest absolute Gasteiger partial charge is 0.512 e. The third-order valence-electron chi connectivity index (χ3n) is 8.16. The standard InChI is InChI=1S/C26H42O5/c1-3-5-7-9-10-12-14-25(13-11-8-6-4-2)19-30-26(25)17-21-22(28)16-24(29)31-23(21)15-20(26)18-27/h16,18,20-21,23,28H,3-15,17,19H2,1-2H3. The molecule has 0 aromatic heterocycles. The number of fused-ring (bicyclic) bond motifs is 1. The Morgan fingerprint density at radius 1 is 1.03 bits per heavy atom. The van der Waals surface area contributed by atoms with Crippen molar-refractivity contribution in [2.45, 2.75) is 115 Å². The summed E-state index contributed by atoms with van der Waals surface area (Å²) < 4.78 is 11.8. The van der Waals surface area contributed by atoms with Crippen LogP contribution in [0.1, 0.15) is 104 Å². The average molecular weight is 435 g/mol. The normalized spacial score (nSPS) is 34.6. The van der Waals surface area contributed by atoms with Crippen molar-refractivity contribution < 1.29 is 24.2 Å². The van der Waals surface area contributed by atoms with Crippen LogP contribution in [0.3, 0.4) is 0 Å². The zero-order valence-corrected chi connectivity index (χ0v) is 19.6. The summed E-state index contributed by atoms with van der Waals surface area (Å²) in [7, 11) is 0. The molecule has 5 nitrogen and oxygen atoms in total. The van der Waals surface area contributed by atoms with E-state index in [1.165, 1.54) is 63.9 Å². The maximum absolute atomic E-state index is 12.2. The van der Waals surface area contributed by atoms with Gasteiger partial charge in [-0.25, -0.2) is 4.79 Å². The molecule has 3 aliphatic rings. The molecule has 3 rings (SSSR count). The first-order valence-electron chi connectivity index (χ1n) is 12.7. The molecule has 1 aliphatic carbocycles. The molecule has 1 saturated carbocycles. The second kappa shape index (κ2) is 11.0. The molecule has 31 heavy (non-hydrogen) atoms. The lowest BCUT2D eigenvalue weighted by molar-refractivity contribution is -0.315. The van der Waals surface area contributed by atoms with E-state index in [1.54, 1.807) is 0 Å². The van der Waals surface area contributed by atoms with Gasteiger partial charge in [-0.1, -0.05) is 78.1 Å². The minimum atomic E-state index is -0.531. The van der Waals surface area contributed by atoms with Crippen LogP contribution in [0.25, 0.3) is 0 Å². The van der Waals surface area contributed by atoms with E-state index in [0.29, 0.717) is 19.4 Å². The van der Waals surface area contributed by atoms with Crippen molar-refractivity contribution in [3.05, 3.63) is 11.8 Å². The molecule has 0 aromatic carbocycles. The van der Waals surface area contributed by atoms with Crippen LogP contribution in [0.5, 0.6) is 0 Å². The molecule has 0 bridgehead atoms. The number of ether oxygens (including phenoxy) is 2. The number of carbonyl (C=O) groups excluding carboxylic acids is 2. The number of hydrogen-bond donors (Lipinski definition) is 1. The summed E-state index contributed by atoms with van der Waals surface area (Å²) in [6.07, 6.45) is 17.3. The lowest BCUT2D eigenvalue weighted by atomic mass is 9.51. The van der Waals surface area contributed by atoms with Gasteiger partial charge in [-0.05, 0) is 25.7 Å². The Morgan fingerprint density at radius 2 is 1.65 bits per heavy atom. The van der Waals surface area contributed by atoms with Crippen LogP contribution >= 0.6 is 0 Å². The molecule has 2 heterocycles. The third-order valence-corrected chi connectivity index (χ3v) is 8.16. The van der Waals surface area contributed by atoms with Crippen molar-refractivity contribution in [2.24, 2.45) is 17.3 Å². The van der Waals surface area contributed by atoms with Crippen LogP contribution in [-0.2, 0) is 19.1 Å². The summed E-state index contributed by atoms with van der Waals surface area (Å²) in [5, 5.41) is 10.5. The van der Waals surface area contributed by atoms with Gasteiger partial charge in [0.05, 0.1) is 24.2 Å². The second-order valence-electron chi connectivity index (χ2n) is 10.1. The minimum absolute atomic E-state index is 0.0101. The summed E-state index contributed by atoms with van der Waals surface area (Å²) in [5.41, 5.74) is -0.541. The fourth-order valence-electron chi connectivity index (χ4n) is 6.28.